The van der Waals surface area contributed by atoms with Crippen LogP contribution in [-0.4, -0.2) is 43.0 Å². The third kappa shape index (κ3) is 2.41. The Kier molecular flexibility index (Phi) is 4.23. The van der Waals surface area contributed by atoms with Crippen molar-refractivity contribution in [3.8, 4) is 12.3 Å². The van der Waals surface area contributed by atoms with Gasteiger partial charge in [0, 0.05) is 0 Å². The van der Waals surface area contributed by atoms with E-state index in [-0.39, 0.29) is 13.2 Å². The van der Waals surface area contributed by atoms with Gasteiger partial charge < -0.3 is 14.8 Å². The molecule has 0 saturated carbocycles. The number of ether oxygens (including phenoxy) is 2. The first kappa shape index (κ1) is 13.9. The summed E-state index contributed by atoms with van der Waals surface area (Å²) in [7, 11) is 0. The molecular formula is C10H11FN2O5. The number of hydrogen-bond acceptors (Lipinski definition) is 5. The second-order valence-electron chi connectivity index (χ2n) is 3.25. The second kappa shape index (κ2) is 5.46. The summed E-state index contributed by atoms with van der Waals surface area (Å²) in [5.41, 5.74) is -3.17. The molecule has 0 spiro atoms. The highest BCUT2D eigenvalue weighted by Crippen LogP contribution is 2.23. The molecule has 8 heteroatoms. The summed E-state index contributed by atoms with van der Waals surface area (Å²) >= 11 is 0. The van der Waals surface area contributed by atoms with Crippen molar-refractivity contribution < 1.29 is 28.2 Å². The number of terminal acetylenes is 1. The monoisotopic (exact) mass is 258 g/mol. The molecular weight excluding hydrogens is 247 g/mol. The normalized spacial score (nSPS) is 26.8. The quantitative estimate of drug-likeness (QED) is 0.386. The highest BCUT2D eigenvalue weighted by molar-refractivity contribution is 6.14. The fraction of sp³-hybridized carbons (Fsp3) is 0.500. The van der Waals surface area contributed by atoms with E-state index in [1.807, 2.05) is 11.2 Å². The van der Waals surface area contributed by atoms with Gasteiger partial charge in [-0.2, -0.15) is 0 Å². The predicted molar refractivity (Wildman–Crippen MR) is 55.7 cm³/mol. The zero-order valence-electron chi connectivity index (χ0n) is 9.49. The maximum Gasteiger partial charge on any atom is 0.358 e. The Morgan fingerprint density at radius 1 is 1.61 bits per heavy atom. The maximum absolute atomic E-state index is 14.4. The molecule has 0 bridgehead atoms. The smallest absolute Gasteiger partial charge is 0.358 e. The number of halogens is 1. The van der Waals surface area contributed by atoms with Gasteiger partial charge in [-0.25, -0.2) is 14.0 Å². The van der Waals surface area contributed by atoms with Gasteiger partial charge in [-0.05, 0) is 6.92 Å². The van der Waals surface area contributed by atoms with Crippen molar-refractivity contribution in [2.45, 2.75) is 18.8 Å². The van der Waals surface area contributed by atoms with E-state index in [2.05, 4.69) is 4.74 Å². The molecule has 2 unspecified atom stereocenters. The molecule has 3 amide bonds. The number of carbonyl (C=O) groups is 3. The van der Waals surface area contributed by atoms with Crippen molar-refractivity contribution in [1.29, 1.82) is 0 Å². The van der Waals surface area contributed by atoms with Crippen molar-refractivity contribution in [3.05, 3.63) is 0 Å². The van der Waals surface area contributed by atoms with E-state index >= 15 is 0 Å². The lowest BCUT2D eigenvalue weighted by Gasteiger charge is -2.33. The molecule has 98 valence electrons. The van der Waals surface area contributed by atoms with Crippen LogP contribution in [-0.2, 0) is 19.1 Å². The number of urea groups is 1. The third-order valence-corrected chi connectivity index (χ3v) is 2.09. The SMILES string of the molecule is C#CCOC1NC(=O)NC(=O)C1(F)C(=O)OCC. The largest absolute Gasteiger partial charge is 0.463 e. The molecule has 0 aliphatic carbocycles. The zero-order valence-corrected chi connectivity index (χ0v) is 9.49. The molecule has 7 nitrogen and oxygen atoms in total. The molecule has 1 aliphatic rings. The summed E-state index contributed by atoms with van der Waals surface area (Å²) in [6.07, 6.45) is 3.09. The van der Waals surface area contributed by atoms with Gasteiger partial charge >= 0.3 is 17.7 Å². The van der Waals surface area contributed by atoms with Crippen LogP contribution >= 0.6 is 0 Å². The number of alkyl halides is 1. The Labute approximate surface area is 102 Å². The summed E-state index contributed by atoms with van der Waals surface area (Å²) in [5.74, 6) is -0.877. The van der Waals surface area contributed by atoms with Gasteiger partial charge in [0.25, 0.3) is 5.91 Å². The van der Waals surface area contributed by atoms with Gasteiger partial charge in [0.15, 0.2) is 6.23 Å². The van der Waals surface area contributed by atoms with E-state index in [9.17, 15) is 18.8 Å². The van der Waals surface area contributed by atoms with Gasteiger partial charge in [-0.1, -0.05) is 5.92 Å². The number of rotatable bonds is 4. The lowest BCUT2D eigenvalue weighted by atomic mass is 10.0. The number of hydrogen-bond donors (Lipinski definition) is 2. The van der Waals surface area contributed by atoms with Gasteiger partial charge in [0.05, 0.1) is 6.61 Å². The number of amides is 3. The molecule has 1 heterocycles. The standard InChI is InChI=1S/C10H11FN2O5/c1-3-5-18-7-10(11,8(15)17-4-2)6(14)12-9(16)13-7/h1,7H,4-5H2,2H3,(H2,12,13,14,16). The highest BCUT2D eigenvalue weighted by atomic mass is 19.1. The van der Waals surface area contributed by atoms with Crippen LogP contribution < -0.4 is 10.6 Å². The maximum atomic E-state index is 14.4. The van der Waals surface area contributed by atoms with E-state index in [1.165, 1.54) is 6.92 Å². The Morgan fingerprint density at radius 3 is 2.83 bits per heavy atom. The molecule has 0 aromatic carbocycles. The van der Waals surface area contributed by atoms with E-state index in [0.29, 0.717) is 0 Å². The van der Waals surface area contributed by atoms with Crippen LogP contribution in [0, 0.1) is 12.3 Å². The number of carbonyl (C=O) groups excluding carboxylic acids is 3. The van der Waals surface area contributed by atoms with Crippen LogP contribution in [0.1, 0.15) is 6.92 Å². The van der Waals surface area contributed by atoms with Crippen LogP contribution in [0.2, 0.25) is 0 Å². The summed E-state index contributed by atoms with van der Waals surface area (Å²) in [6, 6.07) is -0.986. The van der Waals surface area contributed by atoms with Crippen LogP contribution in [0.25, 0.3) is 0 Å². The Balaban J connectivity index is 3.00. The van der Waals surface area contributed by atoms with Crippen LogP contribution in [0.15, 0.2) is 0 Å². The summed E-state index contributed by atoms with van der Waals surface area (Å²) < 4.78 is 23.6. The average Bonchev–Trinajstić information content (AvgIpc) is 2.32. The highest BCUT2D eigenvalue weighted by Gasteiger charge is 2.59. The summed E-state index contributed by atoms with van der Waals surface area (Å²) in [4.78, 5) is 33.9. The minimum atomic E-state index is -3.17. The molecule has 1 saturated heterocycles. The van der Waals surface area contributed by atoms with E-state index < -0.39 is 29.8 Å². The first-order chi connectivity index (χ1) is 8.46. The molecule has 1 aliphatic heterocycles. The summed E-state index contributed by atoms with van der Waals surface area (Å²) in [6.45, 7) is 0.925. The topological polar surface area (TPSA) is 93.7 Å². The second-order valence-corrected chi connectivity index (χ2v) is 3.25. The van der Waals surface area contributed by atoms with E-state index in [0.717, 1.165) is 0 Å². The molecule has 0 aromatic rings. The molecule has 0 aromatic heterocycles. The molecule has 1 rings (SSSR count). The average molecular weight is 258 g/mol. The molecule has 2 N–H and O–H groups in total. The molecule has 1 fully saturated rings. The fourth-order valence-corrected chi connectivity index (χ4v) is 1.29. The Hall–Kier alpha value is -2.14. The molecule has 0 radical (unpaired) electrons. The fourth-order valence-electron chi connectivity index (χ4n) is 1.29. The van der Waals surface area contributed by atoms with Gasteiger partial charge in [-0.3, -0.25) is 10.1 Å². The minimum absolute atomic E-state index is 0.131. The van der Waals surface area contributed by atoms with Crippen molar-refractivity contribution in [2.24, 2.45) is 0 Å². The van der Waals surface area contributed by atoms with Crippen molar-refractivity contribution in [1.82, 2.24) is 10.6 Å². The van der Waals surface area contributed by atoms with E-state index in [4.69, 9.17) is 11.2 Å². The van der Waals surface area contributed by atoms with Crippen LogP contribution in [0.5, 0.6) is 0 Å². The van der Waals surface area contributed by atoms with Crippen molar-refractivity contribution in [2.75, 3.05) is 13.2 Å². The predicted octanol–water partition coefficient (Wildman–Crippen LogP) is -0.927. The van der Waals surface area contributed by atoms with Gasteiger partial charge in [-0.15, -0.1) is 6.42 Å². The first-order valence-electron chi connectivity index (χ1n) is 5.00. The van der Waals surface area contributed by atoms with Crippen LogP contribution in [0.4, 0.5) is 9.18 Å². The van der Waals surface area contributed by atoms with Crippen molar-refractivity contribution >= 4 is 17.9 Å². The number of nitrogens with one attached hydrogen (secondary N) is 2. The number of esters is 1. The van der Waals surface area contributed by atoms with E-state index in [1.54, 1.807) is 5.32 Å². The van der Waals surface area contributed by atoms with Gasteiger partial charge in [0.1, 0.15) is 6.61 Å². The molecule has 2 atom stereocenters. The lowest BCUT2D eigenvalue weighted by Crippen LogP contribution is -2.71. The lowest BCUT2D eigenvalue weighted by molar-refractivity contribution is -0.177. The molecule has 18 heavy (non-hydrogen) atoms. The zero-order chi connectivity index (χ0) is 13.8. The third-order valence-electron chi connectivity index (χ3n) is 2.09. The van der Waals surface area contributed by atoms with Crippen LogP contribution in [0.3, 0.4) is 0 Å². The minimum Gasteiger partial charge on any atom is -0.463 e. The Bertz CT molecular complexity index is 419. The number of imide groups is 1. The van der Waals surface area contributed by atoms with Gasteiger partial charge in [0.2, 0.25) is 0 Å². The van der Waals surface area contributed by atoms with Crippen molar-refractivity contribution in [3.63, 3.8) is 0 Å². The summed E-state index contributed by atoms with van der Waals surface area (Å²) in [5, 5.41) is 3.57. The first-order valence-corrected chi connectivity index (χ1v) is 5.00. The Morgan fingerprint density at radius 2 is 2.28 bits per heavy atom.